The quantitative estimate of drug-likeness (QED) is 0.331. The van der Waals surface area contributed by atoms with Gasteiger partial charge < -0.3 is 19.8 Å². The van der Waals surface area contributed by atoms with Crippen LogP contribution in [-0.2, 0) is 4.79 Å². The zero-order valence-electron chi connectivity index (χ0n) is 18.1. The van der Waals surface area contributed by atoms with E-state index < -0.39 is 0 Å². The van der Waals surface area contributed by atoms with Crippen molar-refractivity contribution in [1.82, 2.24) is 9.97 Å². The van der Waals surface area contributed by atoms with E-state index in [4.69, 9.17) is 14.5 Å². The van der Waals surface area contributed by atoms with Crippen LogP contribution in [0.2, 0.25) is 0 Å². The van der Waals surface area contributed by atoms with Crippen LogP contribution in [0.4, 0.5) is 10.1 Å². The van der Waals surface area contributed by atoms with Crippen molar-refractivity contribution in [2.75, 3.05) is 25.3 Å². The first kappa shape index (κ1) is 22.4. The van der Waals surface area contributed by atoms with Crippen LogP contribution in [0.15, 0.2) is 77.8 Å². The average Bonchev–Trinajstić information content (AvgIpc) is 3.28. The van der Waals surface area contributed by atoms with Crippen LogP contribution in [0.25, 0.3) is 22.6 Å². The smallest absolute Gasteiger partial charge is 0.234 e. The third-order valence-electron chi connectivity index (χ3n) is 4.88. The number of nitrogens with one attached hydrogen (secondary N) is 2. The Morgan fingerprint density at radius 3 is 2.06 bits per heavy atom. The molecular formula is C25H22FN3O3S. The molecule has 4 rings (SSSR count). The molecule has 2 N–H and O–H groups in total. The normalized spacial score (nSPS) is 10.6. The van der Waals surface area contributed by atoms with Gasteiger partial charge in [-0.05, 0) is 72.8 Å². The van der Waals surface area contributed by atoms with Crippen molar-refractivity contribution in [2.24, 2.45) is 0 Å². The highest BCUT2D eigenvalue weighted by atomic mass is 32.2. The van der Waals surface area contributed by atoms with Crippen LogP contribution >= 0.6 is 11.8 Å². The molecule has 0 fully saturated rings. The SMILES string of the molecule is COc1ccc(-c2nc(SCC(=O)Nc3ccc(F)cc3)c(-c3ccc(OC)cc3)[nH]2)cc1. The first-order valence-corrected chi connectivity index (χ1v) is 11.1. The molecule has 33 heavy (non-hydrogen) atoms. The third-order valence-corrected chi connectivity index (χ3v) is 5.86. The van der Waals surface area contributed by atoms with Gasteiger partial charge in [-0.3, -0.25) is 4.79 Å². The van der Waals surface area contributed by atoms with Crippen molar-refractivity contribution in [2.45, 2.75) is 5.03 Å². The Morgan fingerprint density at radius 1 is 0.909 bits per heavy atom. The van der Waals surface area contributed by atoms with Gasteiger partial charge in [-0.15, -0.1) is 0 Å². The number of rotatable bonds is 8. The number of methoxy groups -OCH3 is 2. The van der Waals surface area contributed by atoms with Crippen molar-refractivity contribution in [3.63, 3.8) is 0 Å². The summed E-state index contributed by atoms with van der Waals surface area (Å²) in [7, 11) is 3.24. The van der Waals surface area contributed by atoms with Crippen molar-refractivity contribution >= 4 is 23.4 Å². The molecule has 0 radical (unpaired) electrons. The minimum atomic E-state index is -0.353. The summed E-state index contributed by atoms with van der Waals surface area (Å²) in [5.74, 6) is 1.78. The lowest BCUT2D eigenvalue weighted by atomic mass is 10.1. The number of carbonyl (C=O) groups excluding carboxylic acids is 1. The highest BCUT2D eigenvalue weighted by molar-refractivity contribution is 8.00. The van der Waals surface area contributed by atoms with Crippen molar-refractivity contribution in [3.8, 4) is 34.1 Å². The number of aromatic amines is 1. The molecule has 0 saturated carbocycles. The van der Waals surface area contributed by atoms with Gasteiger partial charge in [-0.2, -0.15) is 0 Å². The van der Waals surface area contributed by atoms with Crippen LogP contribution in [0.5, 0.6) is 11.5 Å². The zero-order valence-corrected chi connectivity index (χ0v) is 18.9. The Morgan fingerprint density at radius 2 is 1.48 bits per heavy atom. The van der Waals surface area contributed by atoms with Crippen molar-refractivity contribution in [1.29, 1.82) is 0 Å². The fourth-order valence-corrected chi connectivity index (χ4v) is 3.97. The molecule has 4 aromatic rings. The lowest BCUT2D eigenvalue weighted by Gasteiger charge is -2.06. The Bertz CT molecular complexity index is 1220. The molecule has 0 aliphatic heterocycles. The Hall–Kier alpha value is -3.78. The summed E-state index contributed by atoms with van der Waals surface area (Å²) >= 11 is 1.32. The number of hydrogen-bond acceptors (Lipinski definition) is 5. The third kappa shape index (κ3) is 5.53. The van der Waals surface area contributed by atoms with E-state index in [-0.39, 0.29) is 17.5 Å². The summed E-state index contributed by atoms with van der Waals surface area (Å²) in [6.07, 6.45) is 0. The molecule has 0 spiro atoms. The molecule has 0 bridgehead atoms. The van der Waals surface area contributed by atoms with E-state index in [1.807, 2.05) is 48.5 Å². The Balaban J connectivity index is 1.57. The van der Waals surface area contributed by atoms with Gasteiger partial charge >= 0.3 is 0 Å². The molecule has 0 aliphatic carbocycles. The second kappa shape index (κ2) is 10.2. The highest BCUT2D eigenvalue weighted by Crippen LogP contribution is 2.33. The van der Waals surface area contributed by atoms with Crippen LogP contribution in [0.3, 0.4) is 0 Å². The number of amides is 1. The molecule has 1 aromatic heterocycles. The lowest BCUT2D eigenvalue weighted by Crippen LogP contribution is -2.14. The molecule has 0 aliphatic rings. The van der Waals surface area contributed by atoms with Gasteiger partial charge in [0.2, 0.25) is 5.91 Å². The van der Waals surface area contributed by atoms with E-state index in [9.17, 15) is 9.18 Å². The molecule has 0 atom stereocenters. The molecule has 0 unspecified atom stereocenters. The molecule has 1 heterocycles. The van der Waals surface area contributed by atoms with Crippen LogP contribution in [0.1, 0.15) is 0 Å². The first-order valence-electron chi connectivity index (χ1n) is 10.1. The van der Waals surface area contributed by atoms with E-state index in [1.54, 1.807) is 14.2 Å². The monoisotopic (exact) mass is 463 g/mol. The van der Waals surface area contributed by atoms with Gasteiger partial charge in [0.15, 0.2) is 0 Å². The predicted molar refractivity (Wildman–Crippen MR) is 128 cm³/mol. The number of nitrogens with zero attached hydrogens (tertiary/aromatic N) is 1. The van der Waals surface area contributed by atoms with Gasteiger partial charge in [0.1, 0.15) is 28.2 Å². The summed E-state index contributed by atoms with van der Waals surface area (Å²) in [4.78, 5) is 20.6. The lowest BCUT2D eigenvalue weighted by molar-refractivity contribution is -0.113. The number of hydrogen-bond donors (Lipinski definition) is 2. The second-order valence-corrected chi connectivity index (χ2v) is 8.03. The maximum Gasteiger partial charge on any atom is 0.234 e. The molecular weight excluding hydrogens is 441 g/mol. The maximum absolute atomic E-state index is 13.1. The molecule has 1 amide bonds. The number of thioether (sulfide) groups is 1. The maximum atomic E-state index is 13.1. The summed E-state index contributed by atoms with van der Waals surface area (Å²) in [6, 6.07) is 20.9. The van der Waals surface area contributed by atoms with E-state index >= 15 is 0 Å². The van der Waals surface area contributed by atoms with Gasteiger partial charge in [0.25, 0.3) is 0 Å². The predicted octanol–water partition coefficient (Wildman–Crippen LogP) is 5.63. The van der Waals surface area contributed by atoms with E-state index in [2.05, 4.69) is 10.3 Å². The van der Waals surface area contributed by atoms with E-state index in [0.717, 1.165) is 28.3 Å². The topological polar surface area (TPSA) is 76.2 Å². The largest absolute Gasteiger partial charge is 0.497 e. The standard InChI is InChI=1S/C25H22FN3O3S/c1-31-20-11-3-16(4-12-20)23-25(29-24(28-23)17-5-13-21(32-2)14-6-17)33-15-22(30)27-19-9-7-18(26)8-10-19/h3-14H,15H2,1-2H3,(H,27,30)(H,28,29). The molecule has 168 valence electrons. The summed E-state index contributed by atoms with van der Waals surface area (Å²) < 4.78 is 23.6. The van der Waals surface area contributed by atoms with E-state index in [1.165, 1.54) is 36.0 Å². The number of carbonyl (C=O) groups is 1. The van der Waals surface area contributed by atoms with E-state index in [0.29, 0.717) is 16.5 Å². The summed E-state index contributed by atoms with van der Waals surface area (Å²) in [5.41, 5.74) is 3.17. The number of ether oxygens (including phenoxy) is 2. The highest BCUT2D eigenvalue weighted by Gasteiger charge is 2.16. The van der Waals surface area contributed by atoms with Crippen molar-refractivity contribution in [3.05, 3.63) is 78.6 Å². The summed E-state index contributed by atoms with van der Waals surface area (Å²) in [5, 5.41) is 3.46. The minimum absolute atomic E-state index is 0.146. The number of imidazole rings is 1. The van der Waals surface area contributed by atoms with Crippen LogP contribution in [0, 0.1) is 5.82 Å². The number of halogens is 1. The number of aromatic nitrogens is 2. The molecule has 3 aromatic carbocycles. The number of benzene rings is 3. The Labute approximate surface area is 195 Å². The molecule has 0 saturated heterocycles. The fraction of sp³-hybridized carbons (Fsp3) is 0.120. The fourth-order valence-electron chi connectivity index (χ4n) is 3.16. The zero-order chi connectivity index (χ0) is 23.2. The molecule has 6 nitrogen and oxygen atoms in total. The van der Waals surface area contributed by atoms with Crippen LogP contribution < -0.4 is 14.8 Å². The van der Waals surface area contributed by atoms with Gasteiger partial charge in [-0.25, -0.2) is 9.37 Å². The number of H-pyrrole nitrogens is 1. The Kier molecular flexibility index (Phi) is 6.95. The first-order chi connectivity index (χ1) is 16.1. The number of anilines is 1. The minimum Gasteiger partial charge on any atom is -0.497 e. The summed E-state index contributed by atoms with van der Waals surface area (Å²) in [6.45, 7) is 0. The second-order valence-electron chi connectivity index (χ2n) is 7.07. The average molecular weight is 464 g/mol. The van der Waals surface area contributed by atoms with Gasteiger partial charge in [-0.1, -0.05) is 11.8 Å². The van der Waals surface area contributed by atoms with Gasteiger partial charge in [0.05, 0.1) is 25.7 Å². The molecule has 8 heteroatoms. The van der Waals surface area contributed by atoms with Crippen LogP contribution in [-0.4, -0.2) is 35.8 Å². The van der Waals surface area contributed by atoms with Crippen molar-refractivity contribution < 1.29 is 18.7 Å². The van der Waals surface area contributed by atoms with Gasteiger partial charge in [0, 0.05) is 16.8 Å².